The highest BCUT2D eigenvalue weighted by atomic mass is 32.1. The first-order valence-electron chi connectivity index (χ1n) is 7.98. The van der Waals surface area contributed by atoms with Crippen molar-refractivity contribution in [3.8, 4) is 0 Å². The van der Waals surface area contributed by atoms with Gasteiger partial charge in [-0.2, -0.15) is 0 Å². The lowest BCUT2D eigenvalue weighted by molar-refractivity contribution is 0.0150. The van der Waals surface area contributed by atoms with Crippen molar-refractivity contribution in [1.29, 1.82) is 0 Å². The first-order valence-corrected chi connectivity index (χ1v) is 8.86. The van der Waals surface area contributed by atoms with Gasteiger partial charge in [-0.3, -0.25) is 4.90 Å². The Bertz CT molecular complexity index is 595. The Morgan fingerprint density at radius 1 is 1.32 bits per heavy atom. The van der Waals surface area contributed by atoms with E-state index in [4.69, 9.17) is 4.74 Å². The summed E-state index contributed by atoms with van der Waals surface area (Å²) in [6.07, 6.45) is 2.83. The molecule has 5 nitrogen and oxygen atoms in total. The summed E-state index contributed by atoms with van der Waals surface area (Å²) in [4.78, 5) is 12.3. The fourth-order valence-electron chi connectivity index (χ4n) is 2.99. The van der Waals surface area contributed by atoms with Gasteiger partial charge in [0.05, 0.1) is 18.6 Å². The number of aromatic nitrogens is 2. The Hall–Kier alpha value is -1.24. The maximum atomic E-state index is 5.48. The molecule has 6 heteroatoms. The SMILES string of the molecule is CC(C)CC(CNc1ncnc2sccc12)N1CCOCC1. The first kappa shape index (κ1) is 15.6. The largest absolute Gasteiger partial charge is 0.379 e. The lowest BCUT2D eigenvalue weighted by atomic mass is 10.0. The van der Waals surface area contributed by atoms with Crippen molar-refractivity contribution >= 4 is 27.4 Å². The monoisotopic (exact) mass is 320 g/mol. The van der Waals surface area contributed by atoms with E-state index >= 15 is 0 Å². The predicted molar refractivity (Wildman–Crippen MR) is 91.5 cm³/mol. The molecule has 120 valence electrons. The number of nitrogens with one attached hydrogen (secondary N) is 1. The third-order valence-corrected chi connectivity index (χ3v) is 4.89. The number of morpholine rings is 1. The molecule has 0 radical (unpaired) electrons. The van der Waals surface area contributed by atoms with Crippen LogP contribution in [0, 0.1) is 5.92 Å². The molecule has 0 saturated carbocycles. The molecular formula is C16H24N4OS. The van der Waals surface area contributed by atoms with Crippen LogP contribution in [0.1, 0.15) is 20.3 Å². The summed E-state index contributed by atoms with van der Waals surface area (Å²) >= 11 is 1.66. The summed E-state index contributed by atoms with van der Waals surface area (Å²) in [5.41, 5.74) is 0. The highest BCUT2D eigenvalue weighted by molar-refractivity contribution is 7.16. The molecule has 0 aromatic carbocycles. The smallest absolute Gasteiger partial charge is 0.138 e. The highest BCUT2D eigenvalue weighted by Gasteiger charge is 2.22. The van der Waals surface area contributed by atoms with Crippen LogP contribution in [0.15, 0.2) is 17.8 Å². The molecule has 1 atom stereocenters. The molecule has 1 N–H and O–H groups in total. The molecule has 2 aromatic rings. The average Bonchev–Trinajstić information content (AvgIpc) is 3.01. The third-order valence-electron chi connectivity index (χ3n) is 4.07. The summed E-state index contributed by atoms with van der Waals surface area (Å²) in [7, 11) is 0. The van der Waals surface area contributed by atoms with Gasteiger partial charge in [0, 0.05) is 25.7 Å². The van der Waals surface area contributed by atoms with Crippen LogP contribution >= 0.6 is 11.3 Å². The Kier molecular flexibility index (Phi) is 5.23. The number of hydrogen-bond donors (Lipinski definition) is 1. The predicted octanol–water partition coefficient (Wildman–Crippen LogP) is 2.85. The minimum Gasteiger partial charge on any atom is -0.379 e. The van der Waals surface area contributed by atoms with Crippen LogP contribution in [0.25, 0.3) is 10.2 Å². The fraction of sp³-hybridized carbons (Fsp3) is 0.625. The van der Waals surface area contributed by atoms with E-state index < -0.39 is 0 Å². The number of fused-ring (bicyclic) bond motifs is 1. The molecular weight excluding hydrogens is 296 g/mol. The Morgan fingerprint density at radius 2 is 2.14 bits per heavy atom. The fourth-order valence-corrected chi connectivity index (χ4v) is 3.73. The Balaban J connectivity index is 1.68. The van der Waals surface area contributed by atoms with Gasteiger partial charge in [-0.1, -0.05) is 13.8 Å². The second-order valence-electron chi connectivity index (χ2n) is 6.17. The van der Waals surface area contributed by atoms with Gasteiger partial charge in [0.15, 0.2) is 0 Å². The van der Waals surface area contributed by atoms with Crippen LogP contribution in [-0.2, 0) is 4.74 Å². The lowest BCUT2D eigenvalue weighted by Crippen LogP contribution is -2.47. The minimum absolute atomic E-state index is 0.521. The number of ether oxygens (including phenoxy) is 1. The quantitative estimate of drug-likeness (QED) is 0.887. The van der Waals surface area contributed by atoms with E-state index in [0.29, 0.717) is 12.0 Å². The molecule has 1 aliphatic rings. The summed E-state index contributed by atoms with van der Waals surface area (Å²) in [6.45, 7) is 9.23. The number of anilines is 1. The van der Waals surface area contributed by atoms with Crippen LogP contribution in [-0.4, -0.2) is 53.8 Å². The van der Waals surface area contributed by atoms with Crippen molar-refractivity contribution in [2.75, 3.05) is 38.2 Å². The van der Waals surface area contributed by atoms with Crippen LogP contribution in [0.3, 0.4) is 0 Å². The third kappa shape index (κ3) is 3.74. The maximum absolute atomic E-state index is 5.48. The van der Waals surface area contributed by atoms with Crippen LogP contribution in [0.2, 0.25) is 0 Å². The molecule has 3 heterocycles. The van der Waals surface area contributed by atoms with Gasteiger partial charge in [-0.05, 0) is 23.8 Å². The summed E-state index contributed by atoms with van der Waals surface area (Å²) in [5, 5.41) is 6.74. The molecule has 0 spiro atoms. The summed E-state index contributed by atoms with van der Waals surface area (Å²) in [5.74, 6) is 1.63. The van der Waals surface area contributed by atoms with E-state index in [9.17, 15) is 0 Å². The van der Waals surface area contributed by atoms with E-state index in [0.717, 1.165) is 48.9 Å². The molecule has 0 aliphatic carbocycles. The van der Waals surface area contributed by atoms with Crippen molar-refractivity contribution in [3.05, 3.63) is 17.8 Å². The molecule has 3 rings (SSSR count). The van der Waals surface area contributed by atoms with Gasteiger partial charge in [-0.15, -0.1) is 11.3 Å². The summed E-state index contributed by atoms with van der Waals surface area (Å²) < 4.78 is 5.48. The van der Waals surface area contributed by atoms with Crippen molar-refractivity contribution in [2.24, 2.45) is 5.92 Å². The molecule has 1 saturated heterocycles. The molecule has 1 aliphatic heterocycles. The average molecular weight is 320 g/mol. The van der Waals surface area contributed by atoms with Crippen LogP contribution < -0.4 is 5.32 Å². The molecule has 1 fully saturated rings. The molecule has 0 amide bonds. The lowest BCUT2D eigenvalue weighted by Gasteiger charge is -2.35. The van der Waals surface area contributed by atoms with E-state index in [2.05, 4.69) is 45.5 Å². The van der Waals surface area contributed by atoms with Gasteiger partial charge < -0.3 is 10.1 Å². The van der Waals surface area contributed by atoms with Gasteiger partial charge in [0.2, 0.25) is 0 Å². The van der Waals surface area contributed by atoms with Gasteiger partial charge in [0.1, 0.15) is 17.0 Å². The Morgan fingerprint density at radius 3 is 2.91 bits per heavy atom. The second kappa shape index (κ2) is 7.35. The molecule has 22 heavy (non-hydrogen) atoms. The van der Waals surface area contributed by atoms with Gasteiger partial charge in [-0.25, -0.2) is 9.97 Å². The second-order valence-corrected chi connectivity index (χ2v) is 7.07. The maximum Gasteiger partial charge on any atom is 0.138 e. The minimum atomic E-state index is 0.521. The number of thiophene rings is 1. The van der Waals surface area contributed by atoms with Crippen LogP contribution in [0.5, 0.6) is 0 Å². The van der Waals surface area contributed by atoms with Gasteiger partial charge in [0.25, 0.3) is 0 Å². The summed E-state index contributed by atoms with van der Waals surface area (Å²) in [6, 6.07) is 2.61. The standard InChI is InChI=1S/C16H24N4OS/c1-12(2)9-13(20-4-6-21-7-5-20)10-17-15-14-3-8-22-16(14)19-11-18-15/h3,8,11-13H,4-7,9-10H2,1-2H3,(H,17,18,19). The number of rotatable bonds is 6. The normalized spacial score (nSPS) is 18.0. The van der Waals surface area contributed by atoms with Crippen molar-refractivity contribution in [3.63, 3.8) is 0 Å². The first-order chi connectivity index (χ1) is 10.7. The van der Waals surface area contributed by atoms with E-state index in [1.807, 2.05) is 0 Å². The zero-order valence-electron chi connectivity index (χ0n) is 13.3. The van der Waals surface area contributed by atoms with Crippen LogP contribution in [0.4, 0.5) is 5.82 Å². The highest BCUT2D eigenvalue weighted by Crippen LogP contribution is 2.24. The Labute approximate surface area is 135 Å². The van der Waals surface area contributed by atoms with Gasteiger partial charge >= 0.3 is 0 Å². The number of nitrogens with zero attached hydrogens (tertiary/aromatic N) is 3. The molecule has 2 aromatic heterocycles. The van der Waals surface area contributed by atoms with E-state index in [1.54, 1.807) is 17.7 Å². The topological polar surface area (TPSA) is 50.3 Å². The molecule has 0 bridgehead atoms. The van der Waals surface area contributed by atoms with Crippen molar-refractivity contribution in [2.45, 2.75) is 26.3 Å². The van der Waals surface area contributed by atoms with E-state index in [-0.39, 0.29) is 0 Å². The number of hydrogen-bond acceptors (Lipinski definition) is 6. The zero-order valence-corrected chi connectivity index (χ0v) is 14.1. The zero-order chi connectivity index (χ0) is 15.4. The van der Waals surface area contributed by atoms with Crippen molar-refractivity contribution in [1.82, 2.24) is 14.9 Å². The van der Waals surface area contributed by atoms with E-state index in [1.165, 1.54) is 6.42 Å². The molecule has 1 unspecified atom stereocenters. The van der Waals surface area contributed by atoms with Crippen molar-refractivity contribution < 1.29 is 4.74 Å².